The summed E-state index contributed by atoms with van der Waals surface area (Å²) in [5.41, 5.74) is 0. The van der Waals surface area contributed by atoms with E-state index >= 15 is 0 Å². The predicted molar refractivity (Wildman–Crippen MR) is 38.6 cm³/mol. The van der Waals surface area contributed by atoms with Gasteiger partial charge in [0.1, 0.15) is 7.34 Å². The van der Waals surface area contributed by atoms with Crippen molar-refractivity contribution in [2.24, 2.45) is 0 Å². The van der Waals surface area contributed by atoms with Crippen molar-refractivity contribution >= 4 is 13.6 Å². The van der Waals surface area contributed by atoms with E-state index in [-0.39, 0.29) is 0 Å². The first-order chi connectivity index (χ1) is 3.62. The Morgan fingerprint density at radius 2 is 2.12 bits per heavy atom. The van der Waals surface area contributed by atoms with E-state index in [9.17, 15) is 0 Å². The van der Waals surface area contributed by atoms with Crippen LogP contribution in [0.4, 0.5) is 0 Å². The van der Waals surface area contributed by atoms with Crippen LogP contribution in [0.3, 0.4) is 0 Å². The highest BCUT2D eigenvalue weighted by Gasteiger charge is 2.01. The summed E-state index contributed by atoms with van der Waals surface area (Å²) in [5, 5.41) is 0. The summed E-state index contributed by atoms with van der Waals surface area (Å²) in [7, 11) is -0.0520. The second kappa shape index (κ2) is 3.29. The molecule has 0 aromatic rings. The molecule has 0 heterocycles. The van der Waals surface area contributed by atoms with Crippen LogP contribution >= 0.6 is 7.34 Å². The summed E-state index contributed by atoms with van der Waals surface area (Å²) >= 11 is 0. The molecule has 0 aromatic carbocycles. The minimum absolute atomic E-state index is 0.682. The van der Waals surface area contributed by atoms with Crippen LogP contribution in [0.2, 0.25) is 0 Å². The van der Waals surface area contributed by atoms with Crippen LogP contribution in [0.25, 0.3) is 0 Å². The van der Waals surface area contributed by atoms with Crippen molar-refractivity contribution < 1.29 is 9.05 Å². The maximum Gasteiger partial charge on any atom is 0.114 e. The Kier molecular flexibility index (Phi) is 3.38. The van der Waals surface area contributed by atoms with Gasteiger partial charge in [-0.2, -0.15) is 0 Å². The Morgan fingerprint density at radius 1 is 1.62 bits per heavy atom. The van der Waals surface area contributed by atoms with Crippen LogP contribution < -0.4 is 0 Å². The second-order valence-corrected chi connectivity index (χ2v) is 4.27. The summed E-state index contributed by atoms with van der Waals surface area (Å²) < 4.78 is 10.1. The van der Waals surface area contributed by atoms with Crippen molar-refractivity contribution in [1.29, 1.82) is 0 Å². The van der Waals surface area contributed by atoms with E-state index in [1.54, 1.807) is 7.11 Å². The van der Waals surface area contributed by atoms with Crippen LogP contribution in [-0.2, 0) is 9.05 Å². The molecule has 0 bridgehead atoms. The molecule has 0 aliphatic heterocycles. The molecule has 0 saturated heterocycles. The van der Waals surface area contributed by atoms with Crippen molar-refractivity contribution in [2.75, 3.05) is 20.4 Å². The highest BCUT2D eigenvalue weighted by Crippen LogP contribution is 2.41. The molecule has 0 saturated carbocycles. The Morgan fingerprint density at radius 3 is 2.25 bits per heavy atom. The van der Waals surface area contributed by atoms with Crippen LogP contribution in [0.1, 0.15) is 6.92 Å². The van der Waals surface area contributed by atoms with Gasteiger partial charge in [0.25, 0.3) is 0 Å². The van der Waals surface area contributed by atoms with Gasteiger partial charge in [-0.3, -0.25) is 0 Å². The third-order valence-electron chi connectivity index (χ3n) is 0.788. The first kappa shape index (κ1) is 8.22. The lowest BCUT2D eigenvalue weighted by molar-refractivity contribution is 0.299. The van der Waals surface area contributed by atoms with Crippen molar-refractivity contribution in [3.63, 3.8) is 0 Å². The van der Waals surface area contributed by atoms with Gasteiger partial charge in [0.2, 0.25) is 0 Å². The molecule has 0 N–H and O–H groups in total. The monoisotopic (exact) mass is 136 g/mol. The highest BCUT2D eigenvalue weighted by molar-refractivity contribution is 7.63. The fourth-order valence-corrected chi connectivity index (χ4v) is 0.977. The number of hydrogen-bond donors (Lipinski definition) is 0. The first-order valence-electron chi connectivity index (χ1n) is 2.53. The zero-order valence-corrected chi connectivity index (χ0v) is 6.57. The smallest absolute Gasteiger partial charge is 0.114 e. The van der Waals surface area contributed by atoms with Crippen LogP contribution in [0.5, 0.6) is 0 Å². The van der Waals surface area contributed by atoms with E-state index in [4.69, 9.17) is 9.05 Å². The van der Waals surface area contributed by atoms with Crippen LogP contribution in [0.15, 0.2) is 0 Å². The van der Waals surface area contributed by atoms with E-state index in [0.29, 0.717) is 6.61 Å². The zero-order chi connectivity index (χ0) is 6.62. The van der Waals surface area contributed by atoms with Gasteiger partial charge in [-0.05, 0) is 6.92 Å². The molecule has 0 fully saturated rings. The van der Waals surface area contributed by atoms with Gasteiger partial charge in [0, 0.05) is 13.8 Å². The lowest BCUT2D eigenvalue weighted by atomic mass is 10.9. The minimum atomic E-state index is -1.67. The summed E-state index contributed by atoms with van der Waals surface area (Å²) in [5.74, 6) is 0. The normalized spacial score (nSPS) is 17.9. The molecule has 1 atom stereocenters. The number of rotatable bonds is 3. The molecule has 1 unspecified atom stereocenters. The van der Waals surface area contributed by atoms with Gasteiger partial charge < -0.3 is 9.05 Å². The molecule has 0 aliphatic carbocycles. The molecular formula is C5H13O2P. The molecule has 0 rings (SSSR count). The summed E-state index contributed by atoms with van der Waals surface area (Å²) in [6.07, 6.45) is 3.74. The average molecular weight is 136 g/mol. The van der Waals surface area contributed by atoms with Gasteiger partial charge in [-0.15, -0.1) is 0 Å². The van der Waals surface area contributed by atoms with E-state index in [1.807, 2.05) is 13.6 Å². The van der Waals surface area contributed by atoms with E-state index in [2.05, 4.69) is 6.30 Å². The Hall–Kier alpha value is 0.220. The van der Waals surface area contributed by atoms with Crippen LogP contribution in [-0.4, -0.2) is 26.7 Å². The van der Waals surface area contributed by atoms with E-state index in [1.165, 1.54) is 0 Å². The average Bonchev–Trinajstić information content (AvgIpc) is 1.67. The number of hydrogen-bond acceptors (Lipinski definition) is 2. The van der Waals surface area contributed by atoms with E-state index < -0.39 is 7.34 Å². The SMILES string of the molecule is C=P(C)(OC)OCC. The summed E-state index contributed by atoms with van der Waals surface area (Å²) in [6, 6.07) is 0. The predicted octanol–water partition coefficient (Wildman–Crippen LogP) is 1.58. The molecule has 0 aromatic heterocycles. The quantitative estimate of drug-likeness (QED) is 0.548. The van der Waals surface area contributed by atoms with Gasteiger partial charge in [-0.1, -0.05) is 6.30 Å². The van der Waals surface area contributed by atoms with Crippen LogP contribution in [0, 0.1) is 0 Å². The molecule has 0 amide bonds. The molecule has 0 radical (unpaired) electrons. The molecule has 8 heavy (non-hydrogen) atoms. The van der Waals surface area contributed by atoms with Gasteiger partial charge >= 0.3 is 0 Å². The topological polar surface area (TPSA) is 18.5 Å². The lowest BCUT2D eigenvalue weighted by Crippen LogP contribution is -1.88. The second-order valence-electron chi connectivity index (χ2n) is 1.61. The fraction of sp³-hybridized carbons (Fsp3) is 0.800. The molecular weight excluding hydrogens is 123 g/mol. The zero-order valence-electron chi connectivity index (χ0n) is 5.68. The first-order valence-corrected chi connectivity index (χ1v) is 4.79. The molecule has 3 heteroatoms. The molecule has 0 spiro atoms. The Balaban J connectivity index is 3.55. The van der Waals surface area contributed by atoms with Crippen molar-refractivity contribution in [3.05, 3.63) is 0 Å². The maximum atomic E-state index is 5.16. The molecule has 0 aliphatic rings. The fourth-order valence-electron chi connectivity index (χ4n) is 0.326. The maximum absolute atomic E-state index is 5.16. The molecule has 50 valence electrons. The minimum Gasteiger partial charge on any atom is -0.341 e. The van der Waals surface area contributed by atoms with E-state index in [0.717, 1.165) is 0 Å². The third-order valence-corrected chi connectivity index (χ3v) is 2.37. The highest BCUT2D eigenvalue weighted by atomic mass is 31.2. The van der Waals surface area contributed by atoms with Gasteiger partial charge in [0.05, 0.1) is 6.61 Å². The standard InChI is InChI=1S/C5H13O2P/c1-5-7-8(3,4)6-2/h3,5H2,1-2,4H3. The van der Waals surface area contributed by atoms with Crippen molar-refractivity contribution in [2.45, 2.75) is 6.92 Å². The summed E-state index contributed by atoms with van der Waals surface area (Å²) in [6.45, 7) is 4.50. The van der Waals surface area contributed by atoms with Gasteiger partial charge in [-0.25, -0.2) is 0 Å². The Bertz CT molecular complexity index is 101. The Labute approximate surface area is 50.9 Å². The van der Waals surface area contributed by atoms with Crippen molar-refractivity contribution in [3.8, 4) is 0 Å². The lowest BCUT2D eigenvalue weighted by Gasteiger charge is -2.15. The largest absolute Gasteiger partial charge is 0.341 e. The van der Waals surface area contributed by atoms with Crippen molar-refractivity contribution in [1.82, 2.24) is 0 Å². The summed E-state index contributed by atoms with van der Waals surface area (Å²) in [4.78, 5) is 0. The molecule has 2 nitrogen and oxygen atoms in total. The van der Waals surface area contributed by atoms with Gasteiger partial charge in [0.15, 0.2) is 0 Å². The third kappa shape index (κ3) is 3.25.